The second-order valence-electron chi connectivity index (χ2n) is 7.34. The number of pyridine rings is 1. The molecule has 1 aromatic carbocycles. The summed E-state index contributed by atoms with van der Waals surface area (Å²) in [5.41, 5.74) is 1.68. The SMILES string of the molecule is COCCOc1ccc(C(=O)N2CC[C@H](c3cc(=O)[nH]c(-c4ccccn4)n3)C2)cc1. The van der Waals surface area contributed by atoms with Gasteiger partial charge >= 0.3 is 0 Å². The maximum Gasteiger partial charge on any atom is 0.253 e. The smallest absolute Gasteiger partial charge is 0.253 e. The molecule has 1 aliphatic heterocycles. The molecule has 160 valence electrons. The Morgan fingerprint density at radius 2 is 2.03 bits per heavy atom. The number of methoxy groups -OCH3 is 1. The minimum Gasteiger partial charge on any atom is -0.491 e. The van der Waals surface area contributed by atoms with Gasteiger partial charge in [-0.25, -0.2) is 4.98 Å². The summed E-state index contributed by atoms with van der Waals surface area (Å²) in [5, 5.41) is 0. The number of rotatable bonds is 7. The molecular weight excluding hydrogens is 396 g/mol. The van der Waals surface area contributed by atoms with Crippen molar-refractivity contribution in [3.05, 3.63) is 76.3 Å². The van der Waals surface area contributed by atoms with E-state index in [1.807, 2.05) is 12.1 Å². The van der Waals surface area contributed by atoms with Gasteiger partial charge in [-0.3, -0.25) is 14.6 Å². The van der Waals surface area contributed by atoms with Crippen molar-refractivity contribution in [3.8, 4) is 17.3 Å². The van der Waals surface area contributed by atoms with E-state index < -0.39 is 0 Å². The van der Waals surface area contributed by atoms with E-state index in [4.69, 9.17) is 9.47 Å². The Bertz CT molecular complexity index is 1080. The number of nitrogens with zero attached hydrogens (tertiary/aromatic N) is 3. The highest BCUT2D eigenvalue weighted by molar-refractivity contribution is 5.94. The highest BCUT2D eigenvalue weighted by Gasteiger charge is 2.29. The van der Waals surface area contributed by atoms with Gasteiger partial charge in [0.2, 0.25) is 0 Å². The Balaban J connectivity index is 1.44. The number of hydrogen-bond donors (Lipinski definition) is 1. The van der Waals surface area contributed by atoms with E-state index in [0.29, 0.717) is 54.8 Å². The summed E-state index contributed by atoms with van der Waals surface area (Å²) in [6, 6.07) is 14.1. The number of aromatic amines is 1. The number of carbonyl (C=O) groups is 1. The van der Waals surface area contributed by atoms with Crippen LogP contribution in [0.4, 0.5) is 0 Å². The summed E-state index contributed by atoms with van der Waals surface area (Å²) in [6.07, 6.45) is 2.41. The lowest BCUT2D eigenvalue weighted by atomic mass is 10.0. The fraction of sp³-hybridized carbons (Fsp3) is 0.304. The van der Waals surface area contributed by atoms with Gasteiger partial charge in [0.05, 0.1) is 12.3 Å². The first-order chi connectivity index (χ1) is 15.1. The molecule has 1 amide bonds. The third-order valence-electron chi connectivity index (χ3n) is 5.22. The molecule has 1 N–H and O–H groups in total. The van der Waals surface area contributed by atoms with Crippen LogP contribution in [0.1, 0.15) is 28.4 Å². The molecular formula is C23H24N4O4. The molecule has 4 rings (SSSR count). The van der Waals surface area contributed by atoms with E-state index in [2.05, 4.69) is 15.0 Å². The molecule has 2 aromatic heterocycles. The number of carbonyl (C=O) groups excluding carboxylic acids is 1. The summed E-state index contributed by atoms with van der Waals surface area (Å²) in [4.78, 5) is 38.5. The molecule has 0 bridgehead atoms. The van der Waals surface area contributed by atoms with E-state index in [0.717, 1.165) is 6.42 Å². The molecule has 1 saturated heterocycles. The second-order valence-corrected chi connectivity index (χ2v) is 7.34. The van der Waals surface area contributed by atoms with E-state index in [9.17, 15) is 9.59 Å². The first kappa shape index (κ1) is 20.7. The largest absolute Gasteiger partial charge is 0.491 e. The van der Waals surface area contributed by atoms with Crippen molar-refractivity contribution >= 4 is 5.91 Å². The summed E-state index contributed by atoms with van der Waals surface area (Å²) >= 11 is 0. The highest BCUT2D eigenvalue weighted by atomic mass is 16.5. The van der Waals surface area contributed by atoms with Gasteiger partial charge in [-0.05, 0) is 42.8 Å². The summed E-state index contributed by atoms with van der Waals surface area (Å²) in [7, 11) is 1.62. The van der Waals surface area contributed by atoms with Crippen LogP contribution >= 0.6 is 0 Å². The van der Waals surface area contributed by atoms with Gasteiger partial charge in [0.15, 0.2) is 5.82 Å². The zero-order chi connectivity index (χ0) is 21.6. The Labute approximate surface area is 179 Å². The molecule has 0 unspecified atom stereocenters. The summed E-state index contributed by atoms with van der Waals surface area (Å²) < 4.78 is 10.5. The van der Waals surface area contributed by atoms with Crippen LogP contribution < -0.4 is 10.3 Å². The molecule has 8 heteroatoms. The maximum atomic E-state index is 12.9. The Kier molecular flexibility index (Phi) is 6.37. The molecule has 0 spiro atoms. The van der Waals surface area contributed by atoms with Crippen molar-refractivity contribution in [3.63, 3.8) is 0 Å². The normalized spacial score (nSPS) is 15.8. The molecule has 0 saturated carbocycles. The van der Waals surface area contributed by atoms with E-state index in [-0.39, 0.29) is 17.4 Å². The second kappa shape index (κ2) is 9.53. The van der Waals surface area contributed by atoms with Crippen molar-refractivity contribution < 1.29 is 14.3 Å². The lowest BCUT2D eigenvalue weighted by Crippen LogP contribution is -2.28. The number of ether oxygens (including phenoxy) is 2. The number of hydrogen-bond acceptors (Lipinski definition) is 6. The topological polar surface area (TPSA) is 97.4 Å². The maximum absolute atomic E-state index is 12.9. The molecule has 0 aliphatic carbocycles. The zero-order valence-corrected chi connectivity index (χ0v) is 17.3. The lowest BCUT2D eigenvalue weighted by Gasteiger charge is -2.17. The van der Waals surface area contributed by atoms with Crippen LogP contribution in [0, 0.1) is 0 Å². The third-order valence-corrected chi connectivity index (χ3v) is 5.22. The van der Waals surface area contributed by atoms with Gasteiger partial charge in [0, 0.05) is 43.9 Å². The molecule has 3 heterocycles. The number of nitrogens with one attached hydrogen (secondary N) is 1. The number of amides is 1. The number of benzene rings is 1. The lowest BCUT2D eigenvalue weighted by molar-refractivity contribution is 0.0790. The van der Waals surface area contributed by atoms with Gasteiger partial charge in [-0.1, -0.05) is 6.07 Å². The molecule has 1 atom stereocenters. The Morgan fingerprint density at radius 1 is 1.19 bits per heavy atom. The van der Waals surface area contributed by atoms with Crippen LogP contribution in [0.25, 0.3) is 11.5 Å². The standard InChI is InChI=1S/C23H24N4O4/c1-30-12-13-31-18-7-5-16(6-8-18)23(29)27-11-9-17(15-27)20-14-21(28)26-22(25-20)19-4-2-3-10-24-19/h2-8,10,14,17H,9,11-13,15H2,1H3,(H,25,26,28)/t17-/m0/s1. The van der Waals surface area contributed by atoms with Gasteiger partial charge in [0.1, 0.15) is 18.1 Å². The van der Waals surface area contributed by atoms with Crippen LogP contribution in [0.2, 0.25) is 0 Å². The zero-order valence-electron chi connectivity index (χ0n) is 17.3. The van der Waals surface area contributed by atoms with Gasteiger partial charge in [0.25, 0.3) is 11.5 Å². The molecule has 3 aromatic rings. The first-order valence-electron chi connectivity index (χ1n) is 10.2. The first-order valence-corrected chi connectivity index (χ1v) is 10.2. The quantitative estimate of drug-likeness (QED) is 0.590. The average molecular weight is 420 g/mol. The average Bonchev–Trinajstić information content (AvgIpc) is 3.30. The van der Waals surface area contributed by atoms with Gasteiger partial charge < -0.3 is 19.4 Å². The fourth-order valence-electron chi connectivity index (χ4n) is 3.62. The predicted molar refractivity (Wildman–Crippen MR) is 115 cm³/mol. The van der Waals surface area contributed by atoms with E-state index in [1.165, 1.54) is 6.07 Å². The van der Waals surface area contributed by atoms with Crippen molar-refractivity contribution in [2.45, 2.75) is 12.3 Å². The van der Waals surface area contributed by atoms with Gasteiger partial charge in [-0.15, -0.1) is 0 Å². The Hall–Kier alpha value is -3.52. The van der Waals surface area contributed by atoms with Crippen molar-refractivity contribution in [1.29, 1.82) is 0 Å². The number of H-pyrrole nitrogens is 1. The van der Waals surface area contributed by atoms with Crippen molar-refractivity contribution in [1.82, 2.24) is 19.9 Å². The van der Waals surface area contributed by atoms with Crippen LogP contribution in [-0.2, 0) is 4.74 Å². The molecule has 1 aliphatic rings. The van der Waals surface area contributed by atoms with Crippen molar-refractivity contribution in [2.24, 2.45) is 0 Å². The minimum absolute atomic E-state index is 0.00497. The highest BCUT2D eigenvalue weighted by Crippen LogP contribution is 2.27. The number of likely N-dealkylation sites (tertiary alicyclic amines) is 1. The number of aromatic nitrogens is 3. The third kappa shape index (κ3) is 4.97. The molecule has 0 radical (unpaired) electrons. The van der Waals surface area contributed by atoms with E-state index in [1.54, 1.807) is 48.5 Å². The Morgan fingerprint density at radius 3 is 2.77 bits per heavy atom. The minimum atomic E-state index is -0.223. The van der Waals surface area contributed by atoms with Crippen molar-refractivity contribution in [2.75, 3.05) is 33.4 Å². The van der Waals surface area contributed by atoms with E-state index >= 15 is 0 Å². The molecule has 31 heavy (non-hydrogen) atoms. The predicted octanol–water partition coefficient (Wildman–Crippen LogP) is 2.49. The summed E-state index contributed by atoms with van der Waals surface area (Å²) in [5.74, 6) is 1.10. The molecule has 1 fully saturated rings. The van der Waals surface area contributed by atoms with Gasteiger partial charge in [-0.2, -0.15) is 0 Å². The summed E-state index contributed by atoms with van der Waals surface area (Å²) in [6.45, 7) is 2.10. The monoisotopic (exact) mass is 420 g/mol. The van der Waals surface area contributed by atoms with Crippen LogP contribution in [0.15, 0.2) is 59.5 Å². The fourth-order valence-corrected chi connectivity index (χ4v) is 3.62. The van der Waals surface area contributed by atoms with Crippen LogP contribution in [-0.4, -0.2) is 59.2 Å². The molecule has 8 nitrogen and oxygen atoms in total. The van der Waals surface area contributed by atoms with Crippen LogP contribution in [0.3, 0.4) is 0 Å². The van der Waals surface area contributed by atoms with Crippen LogP contribution in [0.5, 0.6) is 5.75 Å².